The van der Waals surface area contributed by atoms with Crippen LogP contribution in [0, 0.1) is 5.92 Å². The van der Waals surface area contributed by atoms with Gasteiger partial charge in [-0.25, -0.2) is 4.79 Å². The van der Waals surface area contributed by atoms with Crippen LogP contribution in [0.2, 0.25) is 0 Å². The van der Waals surface area contributed by atoms with E-state index in [1.165, 1.54) is 6.42 Å². The van der Waals surface area contributed by atoms with Gasteiger partial charge in [0.05, 0.1) is 11.0 Å². The number of imidazole rings is 1. The van der Waals surface area contributed by atoms with E-state index in [1.807, 2.05) is 29.2 Å². The molecule has 0 spiro atoms. The summed E-state index contributed by atoms with van der Waals surface area (Å²) in [6, 6.07) is 7.97. The maximum Gasteiger partial charge on any atom is 0.329 e. The van der Waals surface area contributed by atoms with Crippen molar-refractivity contribution in [2.24, 2.45) is 5.92 Å². The summed E-state index contributed by atoms with van der Waals surface area (Å²) in [5.74, 6) is 0.468. The van der Waals surface area contributed by atoms with Gasteiger partial charge in [-0.1, -0.05) is 38.3 Å². The minimum absolute atomic E-state index is 0.0371. The van der Waals surface area contributed by atoms with Crippen LogP contribution >= 0.6 is 0 Å². The van der Waals surface area contributed by atoms with Crippen LogP contribution in [0.25, 0.3) is 11.0 Å². The van der Waals surface area contributed by atoms with Crippen molar-refractivity contribution in [3.05, 3.63) is 34.7 Å². The molecule has 4 rings (SSSR count). The first-order valence-corrected chi connectivity index (χ1v) is 12.3. The quantitative estimate of drug-likeness (QED) is 0.718. The number of nitrogens with zero attached hydrogens (tertiary/aromatic N) is 3. The number of aromatic nitrogens is 2. The molecule has 1 aliphatic heterocycles. The van der Waals surface area contributed by atoms with Crippen molar-refractivity contribution in [3.8, 4) is 0 Å². The fourth-order valence-corrected chi connectivity index (χ4v) is 5.25. The molecule has 7 heteroatoms. The summed E-state index contributed by atoms with van der Waals surface area (Å²) in [5.41, 5.74) is 1.79. The van der Waals surface area contributed by atoms with Crippen LogP contribution in [0.15, 0.2) is 29.1 Å². The predicted molar refractivity (Wildman–Crippen MR) is 125 cm³/mol. The number of hydrogen-bond acceptors (Lipinski definition) is 3. The summed E-state index contributed by atoms with van der Waals surface area (Å²) in [7, 11) is 0. The summed E-state index contributed by atoms with van der Waals surface area (Å²) >= 11 is 0. The van der Waals surface area contributed by atoms with Crippen LogP contribution in [-0.2, 0) is 22.7 Å². The lowest BCUT2D eigenvalue weighted by Gasteiger charge is -2.33. The number of rotatable bonds is 7. The molecule has 1 saturated carbocycles. The highest BCUT2D eigenvalue weighted by atomic mass is 16.2. The van der Waals surface area contributed by atoms with Crippen LogP contribution in [-0.4, -0.2) is 45.0 Å². The number of benzene rings is 1. The van der Waals surface area contributed by atoms with E-state index in [4.69, 9.17) is 0 Å². The third-order valence-corrected chi connectivity index (χ3v) is 7.09. The van der Waals surface area contributed by atoms with Crippen LogP contribution in [0.5, 0.6) is 0 Å². The lowest BCUT2D eigenvalue weighted by Crippen LogP contribution is -2.48. The average Bonchev–Trinajstić information content (AvgIpc) is 3.09. The molecule has 1 aliphatic carbocycles. The first-order chi connectivity index (χ1) is 15.6. The van der Waals surface area contributed by atoms with E-state index >= 15 is 0 Å². The van der Waals surface area contributed by atoms with Gasteiger partial charge in [0.1, 0.15) is 0 Å². The normalized spacial score (nSPS) is 18.2. The van der Waals surface area contributed by atoms with Gasteiger partial charge in [-0.05, 0) is 44.2 Å². The van der Waals surface area contributed by atoms with E-state index in [1.54, 1.807) is 9.13 Å². The summed E-state index contributed by atoms with van der Waals surface area (Å²) in [6.07, 6.45) is 8.40. The Kier molecular flexibility index (Phi) is 7.33. The van der Waals surface area contributed by atoms with Crippen molar-refractivity contribution in [2.45, 2.75) is 83.8 Å². The fraction of sp³-hybridized carbons (Fsp3) is 0.640. The molecule has 174 valence electrons. The number of hydrogen-bond donors (Lipinski definition) is 1. The minimum Gasteiger partial charge on any atom is -0.353 e. The summed E-state index contributed by atoms with van der Waals surface area (Å²) in [5, 5.41) is 3.22. The molecule has 32 heavy (non-hydrogen) atoms. The molecule has 0 atom stereocenters. The minimum atomic E-state index is -0.0371. The molecule has 1 N–H and O–H groups in total. The van der Waals surface area contributed by atoms with Crippen molar-refractivity contribution in [2.75, 3.05) is 13.1 Å². The highest BCUT2D eigenvalue weighted by Crippen LogP contribution is 2.24. The lowest BCUT2D eigenvalue weighted by atomic mass is 9.88. The molecule has 7 nitrogen and oxygen atoms in total. The number of aryl methyl sites for hydroxylation is 2. The van der Waals surface area contributed by atoms with E-state index in [0.29, 0.717) is 32.6 Å². The van der Waals surface area contributed by atoms with Gasteiger partial charge >= 0.3 is 5.69 Å². The number of nitrogens with one attached hydrogen (secondary N) is 1. The van der Waals surface area contributed by atoms with Crippen LogP contribution in [0.4, 0.5) is 0 Å². The molecule has 2 fully saturated rings. The van der Waals surface area contributed by atoms with Gasteiger partial charge in [-0.2, -0.15) is 0 Å². The Morgan fingerprint density at radius 2 is 1.56 bits per heavy atom. The van der Waals surface area contributed by atoms with Gasteiger partial charge in [0.25, 0.3) is 0 Å². The Morgan fingerprint density at radius 3 is 2.19 bits per heavy atom. The van der Waals surface area contributed by atoms with Gasteiger partial charge in [-0.3, -0.25) is 18.7 Å². The van der Waals surface area contributed by atoms with Crippen molar-refractivity contribution >= 4 is 22.8 Å². The van der Waals surface area contributed by atoms with E-state index in [-0.39, 0.29) is 29.5 Å². The number of carbonyl (C=O) groups excluding carboxylic acids is 2. The zero-order chi connectivity index (χ0) is 22.5. The molecule has 2 heterocycles. The Balaban J connectivity index is 1.30. The Bertz CT molecular complexity index is 994. The van der Waals surface area contributed by atoms with Gasteiger partial charge in [0.15, 0.2) is 0 Å². The number of likely N-dealkylation sites (tertiary alicyclic amines) is 1. The Hall–Kier alpha value is -2.57. The molecule has 1 aromatic carbocycles. The summed E-state index contributed by atoms with van der Waals surface area (Å²) < 4.78 is 3.54. The van der Waals surface area contributed by atoms with E-state index in [0.717, 1.165) is 56.0 Å². The van der Waals surface area contributed by atoms with Gasteiger partial charge < -0.3 is 10.2 Å². The number of amides is 2. The molecule has 2 aliphatic rings. The first kappa shape index (κ1) is 22.6. The number of para-hydroxylation sites is 2. The highest BCUT2D eigenvalue weighted by Gasteiger charge is 2.27. The van der Waals surface area contributed by atoms with Gasteiger partial charge in [0.2, 0.25) is 11.8 Å². The van der Waals surface area contributed by atoms with E-state index in [9.17, 15) is 14.4 Å². The highest BCUT2D eigenvalue weighted by molar-refractivity contribution is 5.79. The van der Waals surface area contributed by atoms with Crippen LogP contribution in [0.3, 0.4) is 0 Å². The Morgan fingerprint density at radius 1 is 0.938 bits per heavy atom. The zero-order valence-corrected chi connectivity index (χ0v) is 19.2. The fourth-order valence-electron chi connectivity index (χ4n) is 5.25. The first-order valence-electron chi connectivity index (χ1n) is 12.3. The maximum absolute atomic E-state index is 12.9. The van der Waals surface area contributed by atoms with Crippen molar-refractivity contribution in [3.63, 3.8) is 0 Å². The molecule has 1 aromatic heterocycles. The zero-order valence-electron chi connectivity index (χ0n) is 19.2. The molecular formula is C25H36N4O3. The van der Waals surface area contributed by atoms with Gasteiger partial charge in [0, 0.05) is 44.6 Å². The molecule has 1 saturated heterocycles. The molecule has 0 radical (unpaired) electrons. The smallest absolute Gasteiger partial charge is 0.329 e. The van der Waals surface area contributed by atoms with Crippen molar-refractivity contribution in [1.82, 2.24) is 19.4 Å². The second kappa shape index (κ2) is 10.4. The van der Waals surface area contributed by atoms with E-state index < -0.39 is 0 Å². The van der Waals surface area contributed by atoms with E-state index in [2.05, 4.69) is 12.2 Å². The van der Waals surface area contributed by atoms with Crippen molar-refractivity contribution in [1.29, 1.82) is 0 Å². The molecule has 2 aromatic rings. The molecular weight excluding hydrogens is 404 g/mol. The second-order valence-electron chi connectivity index (χ2n) is 9.32. The van der Waals surface area contributed by atoms with Crippen LogP contribution < -0.4 is 11.0 Å². The third kappa shape index (κ3) is 4.92. The molecule has 0 unspecified atom stereocenters. The number of carbonyl (C=O) groups is 2. The number of piperidine rings is 1. The largest absolute Gasteiger partial charge is 0.353 e. The average molecular weight is 441 g/mol. The predicted octanol–water partition coefficient (Wildman–Crippen LogP) is 3.29. The summed E-state index contributed by atoms with van der Waals surface area (Å²) in [4.78, 5) is 40.1. The summed E-state index contributed by atoms with van der Waals surface area (Å²) in [6.45, 7) is 4.47. The van der Waals surface area contributed by atoms with Crippen molar-refractivity contribution < 1.29 is 9.59 Å². The second-order valence-corrected chi connectivity index (χ2v) is 9.32. The Labute approximate surface area is 189 Å². The monoisotopic (exact) mass is 440 g/mol. The SMILES string of the molecule is CCCn1c(=O)n(CCC(=O)N2CCC(NC(=O)C3CCCCC3)CC2)c2ccccc21. The van der Waals surface area contributed by atoms with Crippen LogP contribution in [0.1, 0.15) is 64.7 Å². The third-order valence-electron chi connectivity index (χ3n) is 7.09. The topological polar surface area (TPSA) is 76.3 Å². The molecule has 2 amide bonds. The number of fused-ring (bicyclic) bond motifs is 1. The lowest BCUT2D eigenvalue weighted by molar-refractivity contribution is -0.132. The molecule has 0 bridgehead atoms. The maximum atomic E-state index is 12.9. The standard InChI is InChI=1S/C25H36N4O3/c1-2-15-28-21-10-6-7-11-22(21)29(25(28)32)18-14-23(30)27-16-12-20(13-17-27)26-24(31)19-8-4-3-5-9-19/h6-7,10-11,19-20H,2-5,8-9,12-18H2,1H3,(H,26,31). The van der Waals surface area contributed by atoms with Gasteiger partial charge in [-0.15, -0.1) is 0 Å².